The minimum absolute atomic E-state index is 0.164. The molecule has 0 radical (unpaired) electrons. The molecule has 18 heavy (non-hydrogen) atoms. The van der Waals surface area contributed by atoms with E-state index in [0.29, 0.717) is 11.1 Å². The van der Waals surface area contributed by atoms with Gasteiger partial charge in [-0.3, -0.25) is 4.79 Å². The van der Waals surface area contributed by atoms with Crippen LogP contribution in [0.1, 0.15) is 11.1 Å². The first-order chi connectivity index (χ1) is 8.39. The Morgan fingerprint density at radius 1 is 1.28 bits per heavy atom. The number of nitrogens with one attached hydrogen (secondary N) is 1. The number of carbonyl (C=O) groups is 1. The van der Waals surface area contributed by atoms with Gasteiger partial charge in [0.25, 0.3) is 5.91 Å². The van der Waals surface area contributed by atoms with Crippen molar-refractivity contribution in [1.29, 1.82) is 0 Å². The molecule has 1 aromatic carbocycles. The molecule has 1 aromatic rings. The highest BCUT2D eigenvalue weighted by Gasteiger charge is 2.48. The van der Waals surface area contributed by atoms with E-state index >= 15 is 0 Å². The van der Waals surface area contributed by atoms with Gasteiger partial charge in [0.05, 0.1) is 0 Å². The maximum absolute atomic E-state index is 12.6. The summed E-state index contributed by atoms with van der Waals surface area (Å²) in [5, 5.41) is 1.77. The molecule has 100 valence electrons. The number of alkyl halides is 4. The molecule has 0 aliphatic carbocycles. The summed E-state index contributed by atoms with van der Waals surface area (Å²) in [4.78, 5) is 10.9. The van der Waals surface area contributed by atoms with Crippen LogP contribution in [0.5, 0.6) is 0 Å². The zero-order chi connectivity index (χ0) is 13.8. The van der Waals surface area contributed by atoms with Crippen molar-refractivity contribution in [3.63, 3.8) is 0 Å². The maximum atomic E-state index is 12.6. The van der Waals surface area contributed by atoms with E-state index in [1.807, 2.05) is 0 Å². The molecule has 0 unspecified atom stereocenters. The van der Waals surface area contributed by atoms with Gasteiger partial charge in [-0.1, -0.05) is 24.3 Å². The number of rotatable bonds is 5. The summed E-state index contributed by atoms with van der Waals surface area (Å²) in [5.74, 6) is -6.68. The average molecular weight is 264 g/mol. The highest BCUT2D eigenvalue weighted by atomic mass is 19.3. The van der Waals surface area contributed by atoms with Crippen LogP contribution in [0.15, 0.2) is 24.3 Å². The highest BCUT2D eigenvalue weighted by molar-refractivity contribution is 5.83. The minimum Gasteiger partial charge on any atom is -0.347 e. The van der Waals surface area contributed by atoms with Gasteiger partial charge in [-0.05, 0) is 11.1 Å². The second-order valence-corrected chi connectivity index (χ2v) is 3.58. The van der Waals surface area contributed by atoms with E-state index in [2.05, 4.69) is 0 Å². The lowest BCUT2D eigenvalue weighted by atomic mass is 10.1. The molecule has 0 heterocycles. The van der Waals surface area contributed by atoms with Crippen molar-refractivity contribution in [2.75, 3.05) is 0 Å². The molecule has 0 fully saturated rings. The second kappa shape index (κ2) is 5.81. The summed E-state index contributed by atoms with van der Waals surface area (Å²) < 4.78 is 49.1. The number of carbonyl (C=O) groups excluding carboxylic acids is 1. The molecule has 3 N–H and O–H groups in total. The fourth-order valence-corrected chi connectivity index (χ4v) is 1.32. The topological polar surface area (TPSA) is 55.1 Å². The number of amides is 1. The number of benzene rings is 1. The Kier molecular flexibility index (Phi) is 4.66. The highest BCUT2D eigenvalue weighted by Crippen LogP contribution is 2.23. The molecule has 0 aromatic heterocycles. The van der Waals surface area contributed by atoms with Gasteiger partial charge in [0, 0.05) is 13.1 Å². The first kappa shape index (κ1) is 14.4. The summed E-state index contributed by atoms with van der Waals surface area (Å²) in [6, 6.07) is 6.56. The summed E-state index contributed by atoms with van der Waals surface area (Å²) in [7, 11) is 0. The van der Waals surface area contributed by atoms with Gasteiger partial charge in [-0.2, -0.15) is 8.78 Å². The largest absolute Gasteiger partial charge is 0.383 e. The predicted molar refractivity (Wildman–Crippen MR) is 57.1 cm³/mol. The number of hydrogen-bond acceptors (Lipinski definition) is 2. The third-order valence-corrected chi connectivity index (χ3v) is 2.35. The van der Waals surface area contributed by atoms with E-state index in [0.717, 1.165) is 0 Å². The molecule has 1 amide bonds. The SMILES string of the molecule is NCc1ccccc1CNC(=O)C(F)(F)C(F)F. The van der Waals surface area contributed by atoms with Crippen LogP contribution in [0.25, 0.3) is 0 Å². The standard InChI is InChI=1S/C11H12F4N2O/c12-9(13)11(14,15)10(18)17-6-8-4-2-1-3-7(8)5-16/h1-4,9H,5-6,16H2,(H,17,18). The molecule has 0 atom stereocenters. The van der Waals surface area contributed by atoms with Crippen molar-refractivity contribution < 1.29 is 22.4 Å². The van der Waals surface area contributed by atoms with Crippen molar-refractivity contribution >= 4 is 5.91 Å². The molecular formula is C11H12F4N2O. The van der Waals surface area contributed by atoms with Crippen LogP contribution in [0.4, 0.5) is 17.6 Å². The van der Waals surface area contributed by atoms with E-state index in [4.69, 9.17) is 5.73 Å². The van der Waals surface area contributed by atoms with Crippen LogP contribution in [-0.2, 0) is 17.9 Å². The molecule has 3 nitrogen and oxygen atoms in total. The minimum atomic E-state index is -4.68. The second-order valence-electron chi connectivity index (χ2n) is 3.58. The molecule has 0 saturated carbocycles. The Morgan fingerprint density at radius 3 is 2.33 bits per heavy atom. The zero-order valence-electron chi connectivity index (χ0n) is 9.30. The first-order valence-corrected chi connectivity index (χ1v) is 5.10. The van der Waals surface area contributed by atoms with E-state index in [9.17, 15) is 22.4 Å². The molecule has 1 rings (SSSR count). The smallest absolute Gasteiger partial charge is 0.347 e. The van der Waals surface area contributed by atoms with Gasteiger partial charge in [0.15, 0.2) is 0 Å². The summed E-state index contributed by atoms with van der Waals surface area (Å²) in [6.45, 7) is -0.105. The Hall–Kier alpha value is -1.63. The van der Waals surface area contributed by atoms with E-state index in [1.54, 1.807) is 29.6 Å². The molecule has 0 aliphatic rings. The lowest BCUT2D eigenvalue weighted by Gasteiger charge is -2.15. The van der Waals surface area contributed by atoms with E-state index < -0.39 is 18.3 Å². The lowest BCUT2D eigenvalue weighted by molar-refractivity contribution is -0.169. The van der Waals surface area contributed by atoms with Crippen LogP contribution < -0.4 is 11.1 Å². The number of halogens is 4. The molecule has 0 spiro atoms. The Labute approximate surface area is 101 Å². The third-order valence-electron chi connectivity index (χ3n) is 2.35. The maximum Gasteiger partial charge on any atom is 0.383 e. The van der Waals surface area contributed by atoms with Crippen molar-refractivity contribution in [2.24, 2.45) is 5.73 Å². The predicted octanol–water partition coefficient (Wildman–Crippen LogP) is 1.66. The molecular weight excluding hydrogens is 252 g/mol. The quantitative estimate of drug-likeness (QED) is 0.795. The van der Waals surface area contributed by atoms with Crippen LogP contribution >= 0.6 is 0 Å². The normalized spacial score (nSPS) is 11.7. The van der Waals surface area contributed by atoms with Gasteiger partial charge < -0.3 is 11.1 Å². The third kappa shape index (κ3) is 3.19. The van der Waals surface area contributed by atoms with E-state index in [-0.39, 0.29) is 13.1 Å². The molecule has 7 heteroatoms. The van der Waals surface area contributed by atoms with Crippen molar-refractivity contribution in [3.05, 3.63) is 35.4 Å². The Morgan fingerprint density at radius 2 is 1.83 bits per heavy atom. The molecule has 0 bridgehead atoms. The molecule has 0 aliphatic heterocycles. The first-order valence-electron chi connectivity index (χ1n) is 5.10. The van der Waals surface area contributed by atoms with Crippen molar-refractivity contribution in [2.45, 2.75) is 25.4 Å². The van der Waals surface area contributed by atoms with Gasteiger partial charge in [-0.15, -0.1) is 0 Å². The van der Waals surface area contributed by atoms with Gasteiger partial charge >= 0.3 is 12.3 Å². The van der Waals surface area contributed by atoms with Gasteiger partial charge in [-0.25, -0.2) is 8.78 Å². The van der Waals surface area contributed by atoms with Crippen LogP contribution in [-0.4, -0.2) is 18.3 Å². The fraction of sp³-hybridized carbons (Fsp3) is 0.364. The lowest BCUT2D eigenvalue weighted by Crippen LogP contribution is -2.44. The monoisotopic (exact) mass is 264 g/mol. The summed E-state index contributed by atoms with van der Waals surface area (Å²) in [5.41, 5.74) is 6.57. The average Bonchev–Trinajstić information content (AvgIpc) is 2.35. The number of hydrogen-bond donors (Lipinski definition) is 2. The fourth-order valence-electron chi connectivity index (χ4n) is 1.32. The van der Waals surface area contributed by atoms with Crippen molar-refractivity contribution in [3.8, 4) is 0 Å². The molecule has 0 saturated heterocycles. The van der Waals surface area contributed by atoms with E-state index in [1.165, 1.54) is 0 Å². The van der Waals surface area contributed by atoms with Gasteiger partial charge in [0.1, 0.15) is 0 Å². The van der Waals surface area contributed by atoms with Crippen LogP contribution in [0, 0.1) is 0 Å². The number of nitrogens with two attached hydrogens (primary N) is 1. The zero-order valence-corrected chi connectivity index (χ0v) is 9.30. The van der Waals surface area contributed by atoms with Gasteiger partial charge in [0.2, 0.25) is 0 Å². The summed E-state index contributed by atoms with van der Waals surface area (Å²) in [6.07, 6.45) is -4.03. The van der Waals surface area contributed by atoms with Crippen LogP contribution in [0.3, 0.4) is 0 Å². The van der Waals surface area contributed by atoms with Crippen molar-refractivity contribution in [1.82, 2.24) is 5.32 Å². The van der Waals surface area contributed by atoms with Crippen LogP contribution in [0.2, 0.25) is 0 Å². The Balaban J connectivity index is 2.68. The summed E-state index contributed by atoms with van der Waals surface area (Å²) >= 11 is 0. The Bertz CT molecular complexity index is 423.